The number of carbonyl (C=O) groups excluding carboxylic acids is 1. The Morgan fingerprint density at radius 3 is 2.07 bits per heavy atom. The van der Waals surface area contributed by atoms with E-state index in [1.165, 1.54) is 0 Å². The van der Waals surface area contributed by atoms with E-state index in [0.29, 0.717) is 29.8 Å². The van der Waals surface area contributed by atoms with Crippen LogP contribution < -0.4 is 0 Å². The van der Waals surface area contributed by atoms with Gasteiger partial charge in [-0.25, -0.2) is 0 Å². The number of aromatic hydroxyl groups is 1. The van der Waals surface area contributed by atoms with Gasteiger partial charge in [0.15, 0.2) is 0 Å². The van der Waals surface area contributed by atoms with Crippen molar-refractivity contribution in [1.29, 1.82) is 0 Å². The van der Waals surface area contributed by atoms with Gasteiger partial charge in [0, 0.05) is 23.2 Å². The molecule has 6 nitrogen and oxygen atoms in total. The lowest BCUT2D eigenvalue weighted by Gasteiger charge is -2.35. The fourth-order valence-corrected chi connectivity index (χ4v) is 3.36. The predicted octanol–water partition coefficient (Wildman–Crippen LogP) is 3.30. The second kappa shape index (κ2) is 7.50. The van der Waals surface area contributed by atoms with E-state index in [9.17, 15) is 14.7 Å². The fourth-order valence-electron chi connectivity index (χ4n) is 3.36. The molecule has 0 radical (unpaired) electrons. The maximum absolute atomic E-state index is 13.3. The smallest absolute Gasteiger partial charge is 0.305 e. The largest absolute Gasteiger partial charge is 0.507 e. The van der Waals surface area contributed by atoms with E-state index in [-0.39, 0.29) is 35.5 Å². The van der Waals surface area contributed by atoms with Crippen LogP contribution in [0.2, 0.25) is 0 Å². The highest BCUT2D eigenvalue weighted by Gasteiger charge is 2.33. The zero-order chi connectivity index (χ0) is 20.6. The molecule has 2 N–H and O–H groups in total. The molecule has 1 aliphatic heterocycles. The van der Waals surface area contributed by atoms with Crippen molar-refractivity contribution in [3.63, 3.8) is 0 Å². The number of amides is 1. The van der Waals surface area contributed by atoms with Crippen molar-refractivity contribution in [1.82, 2.24) is 4.90 Å². The molecule has 2 rings (SSSR count). The first-order valence-electron chi connectivity index (χ1n) is 9.31. The van der Waals surface area contributed by atoms with Crippen LogP contribution in [-0.4, -0.2) is 52.8 Å². The fraction of sp³-hybridized carbons (Fsp3) is 0.619. The summed E-state index contributed by atoms with van der Waals surface area (Å²) in [7, 11) is 0. The molecule has 0 spiro atoms. The van der Waals surface area contributed by atoms with Gasteiger partial charge in [0.2, 0.25) is 0 Å². The quantitative estimate of drug-likeness (QED) is 0.844. The van der Waals surface area contributed by atoms with Gasteiger partial charge < -0.3 is 19.8 Å². The van der Waals surface area contributed by atoms with E-state index >= 15 is 0 Å². The number of aliphatic carboxylic acids is 1. The summed E-state index contributed by atoms with van der Waals surface area (Å²) in [5.41, 5.74) is 1.21. The molecule has 1 aliphatic rings. The first-order valence-corrected chi connectivity index (χ1v) is 9.31. The minimum absolute atomic E-state index is 0.151. The van der Waals surface area contributed by atoms with E-state index in [0.717, 1.165) is 0 Å². The number of benzene rings is 1. The van der Waals surface area contributed by atoms with Crippen molar-refractivity contribution in [2.75, 3.05) is 19.8 Å². The molecule has 1 saturated heterocycles. The van der Waals surface area contributed by atoms with Crippen LogP contribution >= 0.6 is 0 Å². The zero-order valence-electron chi connectivity index (χ0n) is 17.1. The van der Waals surface area contributed by atoms with E-state index in [1.807, 2.05) is 41.5 Å². The Morgan fingerprint density at radius 1 is 1.11 bits per heavy atom. The Hall–Kier alpha value is -2.08. The normalized spacial score (nSPS) is 18.4. The maximum Gasteiger partial charge on any atom is 0.305 e. The molecular weight excluding hydrogens is 346 g/mol. The van der Waals surface area contributed by atoms with Gasteiger partial charge in [0.05, 0.1) is 25.7 Å². The Labute approximate surface area is 161 Å². The first-order chi connectivity index (χ1) is 12.3. The number of carboxylic acid groups (broad SMARTS) is 1. The molecule has 1 unspecified atom stereocenters. The molecule has 0 aliphatic carbocycles. The van der Waals surface area contributed by atoms with Crippen LogP contribution in [0.15, 0.2) is 12.1 Å². The Bertz CT molecular complexity index is 692. The molecule has 1 heterocycles. The summed E-state index contributed by atoms with van der Waals surface area (Å²) in [4.78, 5) is 26.0. The SMILES string of the molecule is CC(C)(C)c1cc(C(=O)N2CCOCC2CC(=O)O)cc(C(C)(C)C)c1O. The topological polar surface area (TPSA) is 87.1 Å². The van der Waals surface area contributed by atoms with E-state index in [2.05, 4.69) is 0 Å². The maximum atomic E-state index is 13.3. The lowest BCUT2D eigenvalue weighted by atomic mass is 9.78. The monoisotopic (exact) mass is 377 g/mol. The number of ether oxygens (including phenoxy) is 1. The van der Waals surface area contributed by atoms with Gasteiger partial charge in [-0.1, -0.05) is 41.5 Å². The average Bonchev–Trinajstić information content (AvgIpc) is 2.52. The minimum Gasteiger partial charge on any atom is -0.507 e. The van der Waals surface area contributed by atoms with Crippen LogP contribution in [0.1, 0.15) is 69.4 Å². The third-order valence-corrected chi connectivity index (χ3v) is 4.87. The van der Waals surface area contributed by atoms with Crippen LogP contribution in [0.4, 0.5) is 0 Å². The number of hydrogen-bond acceptors (Lipinski definition) is 4. The lowest BCUT2D eigenvalue weighted by Crippen LogP contribution is -2.49. The van der Waals surface area contributed by atoms with Crippen molar-refractivity contribution in [2.45, 2.75) is 64.8 Å². The molecule has 1 atom stereocenters. The molecule has 0 bridgehead atoms. The number of carboxylic acids is 1. The van der Waals surface area contributed by atoms with Gasteiger partial charge in [-0.2, -0.15) is 0 Å². The Morgan fingerprint density at radius 2 is 1.63 bits per heavy atom. The summed E-state index contributed by atoms with van der Waals surface area (Å²) < 4.78 is 5.38. The summed E-state index contributed by atoms with van der Waals surface area (Å²) in [6.07, 6.45) is -0.151. The number of nitrogens with zero attached hydrogens (tertiary/aromatic N) is 1. The van der Waals surface area contributed by atoms with Gasteiger partial charge in [0.1, 0.15) is 5.75 Å². The van der Waals surface area contributed by atoms with Crippen LogP contribution in [0.5, 0.6) is 5.75 Å². The van der Waals surface area contributed by atoms with Crippen molar-refractivity contribution in [3.8, 4) is 5.75 Å². The van der Waals surface area contributed by atoms with Crippen molar-refractivity contribution < 1.29 is 24.5 Å². The molecule has 0 saturated carbocycles. The summed E-state index contributed by atoms with van der Waals surface area (Å²) in [6, 6.07) is 2.98. The van der Waals surface area contributed by atoms with Crippen molar-refractivity contribution in [3.05, 3.63) is 28.8 Å². The van der Waals surface area contributed by atoms with Gasteiger partial charge in [0.25, 0.3) is 5.91 Å². The summed E-state index contributed by atoms with van der Waals surface area (Å²) >= 11 is 0. The van der Waals surface area contributed by atoms with Gasteiger partial charge in [-0.15, -0.1) is 0 Å². The highest BCUT2D eigenvalue weighted by molar-refractivity contribution is 5.95. The number of phenols is 1. The van der Waals surface area contributed by atoms with Crippen LogP contribution in [0.3, 0.4) is 0 Å². The Balaban J connectivity index is 2.53. The van der Waals surface area contributed by atoms with Crippen molar-refractivity contribution in [2.24, 2.45) is 0 Å². The summed E-state index contributed by atoms with van der Waals surface area (Å²) in [6.45, 7) is 12.9. The highest BCUT2D eigenvalue weighted by atomic mass is 16.5. The molecule has 27 heavy (non-hydrogen) atoms. The highest BCUT2D eigenvalue weighted by Crippen LogP contribution is 2.40. The number of hydrogen-bond donors (Lipinski definition) is 2. The zero-order valence-corrected chi connectivity index (χ0v) is 17.1. The van der Waals surface area contributed by atoms with Crippen LogP contribution in [-0.2, 0) is 20.4 Å². The number of morpholine rings is 1. The molecule has 150 valence electrons. The third kappa shape index (κ3) is 4.80. The number of phenolic OH excluding ortho intramolecular Hbond substituents is 1. The summed E-state index contributed by atoms with van der Waals surface area (Å²) in [5, 5.41) is 20.0. The number of carbonyl (C=O) groups is 2. The van der Waals surface area contributed by atoms with E-state index in [1.54, 1.807) is 17.0 Å². The van der Waals surface area contributed by atoms with Crippen LogP contribution in [0, 0.1) is 0 Å². The molecular formula is C21H31NO5. The number of rotatable bonds is 3. The van der Waals surface area contributed by atoms with E-state index < -0.39 is 12.0 Å². The molecule has 0 aromatic heterocycles. The third-order valence-electron chi connectivity index (χ3n) is 4.87. The van der Waals surface area contributed by atoms with Crippen molar-refractivity contribution >= 4 is 11.9 Å². The lowest BCUT2D eigenvalue weighted by molar-refractivity contribution is -0.139. The second-order valence-electron chi connectivity index (χ2n) is 9.25. The first kappa shape index (κ1) is 21.2. The molecule has 1 amide bonds. The predicted molar refractivity (Wildman–Crippen MR) is 103 cm³/mol. The molecule has 1 aromatic carbocycles. The van der Waals surface area contributed by atoms with Gasteiger partial charge in [-0.05, 0) is 23.0 Å². The Kier molecular flexibility index (Phi) is 5.90. The molecule has 1 aromatic rings. The molecule has 6 heteroatoms. The average molecular weight is 377 g/mol. The summed E-state index contributed by atoms with van der Waals surface area (Å²) in [5.74, 6) is -0.962. The standard InChI is InChI=1S/C21H31NO5/c1-20(2,3)15-9-13(10-16(18(15)25)21(4,5)6)19(26)22-7-8-27-12-14(22)11-17(23)24/h9-10,14,25H,7-8,11-12H2,1-6H3,(H,23,24). The van der Waals surface area contributed by atoms with E-state index in [4.69, 9.17) is 9.84 Å². The second-order valence-corrected chi connectivity index (χ2v) is 9.25. The van der Waals surface area contributed by atoms with Gasteiger partial charge in [-0.3, -0.25) is 9.59 Å². The van der Waals surface area contributed by atoms with Gasteiger partial charge >= 0.3 is 5.97 Å². The van der Waals surface area contributed by atoms with Crippen LogP contribution in [0.25, 0.3) is 0 Å². The molecule has 1 fully saturated rings. The minimum atomic E-state index is -0.959.